The van der Waals surface area contributed by atoms with Crippen molar-refractivity contribution < 1.29 is 0 Å². The zero-order valence-electron chi connectivity index (χ0n) is 8.04. The summed E-state index contributed by atoms with van der Waals surface area (Å²) in [5.41, 5.74) is 2.06. The number of aromatic nitrogens is 3. The maximum Gasteiger partial charge on any atom is 0.0992 e. The smallest absolute Gasteiger partial charge is 0.0992 e. The van der Waals surface area contributed by atoms with Crippen molar-refractivity contribution in [2.24, 2.45) is 0 Å². The number of nitrogens with zero attached hydrogens (tertiary/aromatic N) is 3. The van der Waals surface area contributed by atoms with Gasteiger partial charge >= 0.3 is 0 Å². The Morgan fingerprint density at radius 2 is 1.93 bits per heavy atom. The summed E-state index contributed by atoms with van der Waals surface area (Å²) >= 11 is 0. The first kappa shape index (κ1) is 8.17. The van der Waals surface area contributed by atoms with E-state index >= 15 is 0 Å². The van der Waals surface area contributed by atoms with Crippen molar-refractivity contribution in [1.82, 2.24) is 14.5 Å². The molecule has 0 radical (unpaired) electrons. The molecular weight excluding hydrogens is 186 g/mol. The van der Waals surface area contributed by atoms with E-state index in [0.29, 0.717) is 0 Å². The summed E-state index contributed by atoms with van der Waals surface area (Å²) in [6, 6.07) is 10.1. The molecule has 2 aromatic heterocycles. The monoisotopic (exact) mass is 195 g/mol. The lowest BCUT2D eigenvalue weighted by Gasteiger charge is -2.05. The number of hydrogen-bond donors (Lipinski definition) is 0. The fraction of sp³-hybridized carbons (Fsp3) is 0. The number of hydrogen-bond acceptors (Lipinski definition) is 2. The standard InChI is InChI=1S/C12H9N3/c1-3-10-4-2-6-14-12(10)11(5-1)15-8-7-13-9-15/h1-9H. The second kappa shape index (κ2) is 3.20. The van der Waals surface area contributed by atoms with Gasteiger partial charge in [-0.3, -0.25) is 4.98 Å². The van der Waals surface area contributed by atoms with Crippen LogP contribution in [0.15, 0.2) is 55.2 Å². The first-order valence-electron chi connectivity index (χ1n) is 4.77. The molecular formula is C12H9N3. The average molecular weight is 195 g/mol. The van der Waals surface area contributed by atoms with Gasteiger partial charge < -0.3 is 4.57 Å². The molecule has 0 fully saturated rings. The quantitative estimate of drug-likeness (QED) is 0.597. The lowest BCUT2D eigenvalue weighted by molar-refractivity contribution is 1.06. The highest BCUT2D eigenvalue weighted by Gasteiger charge is 2.02. The van der Waals surface area contributed by atoms with Gasteiger partial charge in [0.1, 0.15) is 0 Å². The van der Waals surface area contributed by atoms with E-state index in [4.69, 9.17) is 0 Å². The van der Waals surface area contributed by atoms with Gasteiger partial charge in [-0.05, 0) is 12.1 Å². The molecule has 3 heteroatoms. The van der Waals surface area contributed by atoms with Crippen LogP contribution in [0.3, 0.4) is 0 Å². The minimum atomic E-state index is 0.998. The number of benzene rings is 1. The summed E-state index contributed by atoms with van der Waals surface area (Å²) in [7, 11) is 0. The molecule has 3 nitrogen and oxygen atoms in total. The van der Waals surface area contributed by atoms with E-state index in [1.54, 1.807) is 12.5 Å². The average Bonchev–Trinajstić information content (AvgIpc) is 2.82. The normalized spacial score (nSPS) is 10.7. The highest BCUT2D eigenvalue weighted by atomic mass is 15.0. The molecule has 2 heterocycles. The Balaban J connectivity index is 2.36. The fourth-order valence-corrected chi connectivity index (χ4v) is 1.70. The number of imidazole rings is 1. The van der Waals surface area contributed by atoms with Crippen LogP contribution in [0.2, 0.25) is 0 Å². The topological polar surface area (TPSA) is 30.7 Å². The highest BCUT2D eigenvalue weighted by molar-refractivity contribution is 5.86. The van der Waals surface area contributed by atoms with Gasteiger partial charge in [0, 0.05) is 24.0 Å². The van der Waals surface area contributed by atoms with Crippen LogP contribution >= 0.6 is 0 Å². The fourth-order valence-electron chi connectivity index (χ4n) is 1.70. The van der Waals surface area contributed by atoms with E-state index in [-0.39, 0.29) is 0 Å². The zero-order valence-corrected chi connectivity index (χ0v) is 8.04. The molecule has 1 aromatic carbocycles. The molecule has 72 valence electrons. The first-order chi connectivity index (χ1) is 7.45. The Morgan fingerprint density at radius 3 is 2.80 bits per heavy atom. The minimum Gasteiger partial charge on any atom is -0.304 e. The summed E-state index contributed by atoms with van der Waals surface area (Å²) in [5.74, 6) is 0. The van der Waals surface area contributed by atoms with Crippen LogP contribution in [-0.4, -0.2) is 14.5 Å². The molecule has 0 atom stereocenters. The predicted molar refractivity (Wildman–Crippen MR) is 58.9 cm³/mol. The van der Waals surface area contributed by atoms with Crippen molar-refractivity contribution in [2.45, 2.75) is 0 Å². The maximum absolute atomic E-state index is 4.39. The Bertz CT molecular complexity index is 579. The predicted octanol–water partition coefficient (Wildman–Crippen LogP) is 2.42. The van der Waals surface area contributed by atoms with E-state index in [9.17, 15) is 0 Å². The van der Waals surface area contributed by atoms with Crippen LogP contribution in [-0.2, 0) is 0 Å². The van der Waals surface area contributed by atoms with Crippen LogP contribution < -0.4 is 0 Å². The Labute approximate surface area is 87.0 Å². The van der Waals surface area contributed by atoms with E-state index in [1.165, 1.54) is 0 Å². The number of pyridine rings is 1. The van der Waals surface area contributed by atoms with Crippen molar-refractivity contribution in [3.05, 3.63) is 55.2 Å². The van der Waals surface area contributed by atoms with Crippen molar-refractivity contribution in [2.75, 3.05) is 0 Å². The number of rotatable bonds is 1. The van der Waals surface area contributed by atoms with Crippen molar-refractivity contribution in [3.8, 4) is 5.69 Å². The lowest BCUT2D eigenvalue weighted by Crippen LogP contribution is -1.92. The van der Waals surface area contributed by atoms with Crippen LogP contribution in [0.1, 0.15) is 0 Å². The van der Waals surface area contributed by atoms with Crippen molar-refractivity contribution >= 4 is 10.9 Å². The van der Waals surface area contributed by atoms with Gasteiger partial charge in [0.05, 0.1) is 17.5 Å². The van der Waals surface area contributed by atoms with Gasteiger partial charge in [0.2, 0.25) is 0 Å². The van der Waals surface area contributed by atoms with Crippen molar-refractivity contribution in [1.29, 1.82) is 0 Å². The molecule has 0 unspecified atom stereocenters. The second-order valence-corrected chi connectivity index (χ2v) is 3.32. The minimum absolute atomic E-state index is 0.998. The third-order valence-electron chi connectivity index (χ3n) is 2.39. The van der Waals surface area contributed by atoms with Gasteiger partial charge in [-0.1, -0.05) is 18.2 Å². The van der Waals surface area contributed by atoms with Crippen molar-refractivity contribution in [3.63, 3.8) is 0 Å². The van der Waals surface area contributed by atoms with Gasteiger partial charge in [-0.2, -0.15) is 0 Å². The SMILES string of the molecule is c1cnc2c(-n3ccnc3)cccc2c1. The van der Waals surface area contributed by atoms with Gasteiger partial charge in [-0.25, -0.2) is 4.98 Å². The molecule has 0 aliphatic carbocycles. The first-order valence-corrected chi connectivity index (χ1v) is 4.77. The molecule has 0 saturated carbocycles. The molecule has 0 saturated heterocycles. The van der Waals surface area contributed by atoms with Crippen LogP contribution in [0.4, 0.5) is 0 Å². The van der Waals surface area contributed by atoms with Gasteiger partial charge in [-0.15, -0.1) is 0 Å². The molecule has 15 heavy (non-hydrogen) atoms. The summed E-state index contributed by atoms with van der Waals surface area (Å²) < 4.78 is 1.97. The number of fused-ring (bicyclic) bond motifs is 1. The second-order valence-electron chi connectivity index (χ2n) is 3.32. The third-order valence-corrected chi connectivity index (χ3v) is 2.39. The molecule has 0 spiro atoms. The summed E-state index contributed by atoms with van der Waals surface area (Å²) in [6.45, 7) is 0. The lowest BCUT2D eigenvalue weighted by atomic mass is 10.2. The molecule has 3 rings (SSSR count). The Hall–Kier alpha value is -2.16. The van der Waals surface area contributed by atoms with Gasteiger partial charge in [0.15, 0.2) is 0 Å². The molecule has 0 bridgehead atoms. The van der Waals surface area contributed by atoms with E-state index in [0.717, 1.165) is 16.6 Å². The molecule has 0 aliphatic rings. The summed E-state index contributed by atoms with van der Waals surface area (Å²) in [6.07, 6.45) is 7.28. The van der Waals surface area contributed by atoms with E-state index in [1.807, 2.05) is 35.2 Å². The number of para-hydroxylation sites is 1. The summed E-state index contributed by atoms with van der Waals surface area (Å²) in [4.78, 5) is 8.43. The largest absolute Gasteiger partial charge is 0.304 e. The molecule has 0 N–H and O–H groups in total. The van der Waals surface area contributed by atoms with Gasteiger partial charge in [0.25, 0.3) is 0 Å². The molecule has 0 amide bonds. The van der Waals surface area contributed by atoms with Crippen LogP contribution in [0, 0.1) is 0 Å². The maximum atomic E-state index is 4.39. The Morgan fingerprint density at radius 1 is 1.00 bits per heavy atom. The Kier molecular flexibility index (Phi) is 1.75. The highest BCUT2D eigenvalue weighted by Crippen LogP contribution is 2.19. The van der Waals surface area contributed by atoms with E-state index in [2.05, 4.69) is 22.1 Å². The van der Waals surface area contributed by atoms with E-state index < -0.39 is 0 Å². The molecule has 3 aromatic rings. The van der Waals surface area contributed by atoms with Crippen LogP contribution in [0.25, 0.3) is 16.6 Å². The molecule has 0 aliphatic heterocycles. The third kappa shape index (κ3) is 1.29. The zero-order chi connectivity index (χ0) is 10.1. The van der Waals surface area contributed by atoms with Crippen LogP contribution in [0.5, 0.6) is 0 Å². The summed E-state index contributed by atoms with van der Waals surface area (Å²) in [5, 5.41) is 1.14.